The minimum absolute atomic E-state index is 0.100. The quantitative estimate of drug-likeness (QED) is 0.380. The maximum absolute atomic E-state index is 13.3. The number of pyridine rings is 1. The minimum atomic E-state index is -4.65. The van der Waals surface area contributed by atoms with Gasteiger partial charge in [0.25, 0.3) is 0 Å². The zero-order valence-electron chi connectivity index (χ0n) is 14.8. The van der Waals surface area contributed by atoms with Crippen LogP contribution in [0.5, 0.6) is 0 Å². The second-order valence-corrected chi connectivity index (χ2v) is 6.82. The molecular weight excluding hydrogens is 399 g/mol. The highest BCUT2D eigenvalue weighted by atomic mass is 32.1. The number of aromatic amines is 1. The van der Waals surface area contributed by atoms with Gasteiger partial charge in [0.2, 0.25) is 5.56 Å². The molecule has 29 heavy (non-hydrogen) atoms. The van der Waals surface area contributed by atoms with Gasteiger partial charge in [0, 0.05) is 33.7 Å². The molecule has 0 fully saturated rings. The van der Waals surface area contributed by atoms with Crippen LogP contribution in [0.3, 0.4) is 0 Å². The molecule has 4 rings (SSSR count). The Morgan fingerprint density at radius 3 is 2.45 bits per heavy atom. The maximum Gasteiger partial charge on any atom is 0.417 e. The normalized spacial score (nSPS) is 11.6. The van der Waals surface area contributed by atoms with E-state index in [1.165, 1.54) is 12.1 Å². The molecule has 0 amide bonds. The zero-order chi connectivity index (χ0) is 20.6. The average molecular weight is 413 g/mol. The van der Waals surface area contributed by atoms with Crippen molar-refractivity contribution in [2.75, 3.05) is 10.6 Å². The highest BCUT2D eigenvalue weighted by molar-refractivity contribution is 7.80. The van der Waals surface area contributed by atoms with Gasteiger partial charge in [-0.15, -0.1) is 0 Å². The first-order chi connectivity index (χ1) is 13.8. The second kappa shape index (κ2) is 7.21. The Morgan fingerprint density at radius 1 is 0.897 bits per heavy atom. The average Bonchev–Trinajstić information content (AvgIpc) is 2.67. The van der Waals surface area contributed by atoms with Gasteiger partial charge in [-0.3, -0.25) is 4.79 Å². The molecule has 4 aromatic rings. The molecule has 0 saturated heterocycles. The lowest BCUT2D eigenvalue weighted by Crippen LogP contribution is -2.19. The minimum Gasteiger partial charge on any atom is -0.332 e. The topological polar surface area (TPSA) is 56.9 Å². The van der Waals surface area contributed by atoms with Gasteiger partial charge in [-0.1, -0.05) is 36.4 Å². The van der Waals surface area contributed by atoms with Crippen LogP contribution >= 0.6 is 12.2 Å². The molecule has 3 aromatic carbocycles. The van der Waals surface area contributed by atoms with Crippen LogP contribution in [0.15, 0.2) is 71.5 Å². The Bertz CT molecular complexity index is 1290. The van der Waals surface area contributed by atoms with Crippen molar-refractivity contribution in [1.82, 2.24) is 4.98 Å². The lowest BCUT2D eigenvalue weighted by atomic mass is 10.1. The number of H-pyrrole nitrogens is 1. The largest absolute Gasteiger partial charge is 0.417 e. The molecule has 0 aliphatic rings. The summed E-state index contributed by atoms with van der Waals surface area (Å²) in [5.41, 5.74) is -0.552. The fraction of sp³-hybridized carbons (Fsp3) is 0.0476. The van der Waals surface area contributed by atoms with Crippen LogP contribution in [0.1, 0.15) is 5.56 Å². The van der Waals surface area contributed by atoms with E-state index in [0.29, 0.717) is 11.8 Å². The molecular formula is C21H14F3N3OS. The number of benzene rings is 3. The molecule has 0 aliphatic heterocycles. The van der Waals surface area contributed by atoms with E-state index < -0.39 is 17.3 Å². The molecule has 146 valence electrons. The molecule has 1 aromatic heterocycles. The first-order valence-electron chi connectivity index (χ1n) is 8.61. The number of hydrogen-bond donors (Lipinski definition) is 3. The summed E-state index contributed by atoms with van der Waals surface area (Å²) >= 11 is 5.33. The summed E-state index contributed by atoms with van der Waals surface area (Å²) in [6, 6.07) is 18.3. The maximum atomic E-state index is 13.3. The van der Waals surface area contributed by atoms with Gasteiger partial charge in [0.15, 0.2) is 5.11 Å². The van der Waals surface area contributed by atoms with Crippen molar-refractivity contribution in [1.29, 1.82) is 0 Å². The predicted octanol–water partition coefficient (Wildman–Crippen LogP) is 5.51. The molecule has 0 bridgehead atoms. The third-order valence-corrected chi connectivity index (χ3v) is 4.65. The molecule has 3 N–H and O–H groups in total. The molecule has 0 saturated carbocycles. The van der Waals surface area contributed by atoms with Crippen molar-refractivity contribution in [3.8, 4) is 0 Å². The highest BCUT2D eigenvalue weighted by Crippen LogP contribution is 2.34. The molecule has 0 unspecified atom stereocenters. The molecule has 0 spiro atoms. The number of aromatic nitrogens is 1. The Labute approximate surface area is 168 Å². The molecule has 1 heterocycles. The number of fused-ring (bicyclic) bond motifs is 2. The number of anilines is 2. The molecule has 8 heteroatoms. The Morgan fingerprint density at radius 2 is 1.66 bits per heavy atom. The van der Waals surface area contributed by atoms with Gasteiger partial charge >= 0.3 is 6.18 Å². The van der Waals surface area contributed by atoms with Crippen molar-refractivity contribution in [3.05, 3.63) is 82.6 Å². The van der Waals surface area contributed by atoms with E-state index in [1.807, 2.05) is 42.5 Å². The molecule has 0 atom stereocenters. The fourth-order valence-corrected chi connectivity index (χ4v) is 3.41. The number of hydrogen-bond acceptors (Lipinski definition) is 2. The van der Waals surface area contributed by atoms with Crippen molar-refractivity contribution in [2.24, 2.45) is 0 Å². The predicted molar refractivity (Wildman–Crippen MR) is 113 cm³/mol. The zero-order valence-corrected chi connectivity index (χ0v) is 15.6. The summed E-state index contributed by atoms with van der Waals surface area (Å²) in [5, 5.41) is 8.10. The smallest absolute Gasteiger partial charge is 0.332 e. The van der Waals surface area contributed by atoms with Gasteiger partial charge in [-0.25, -0.2) is 0 Å². The number of rotatable bonds is 2. The summed E-state index contributed by atoms with van der Waals surface area (Å²) in [7, 11) is 0. The first-order valence-corrected chi connectivity index (χ1v) is 9.02. The van der Waals surface area contributed by atoms with Crippen LogP contribution in [-0.4, -0.2) is 10.1 Å². The van der Waals surface area contributed by atoms with Gasteiger partial charge in [-0.05, 0) is 41.9 Å². The number of nitrogens with one attached hydrogen (secondary N) is 3. The van der Waals surface area contributed by atoms with E-state index in [-0.39, 0.29) is 16.0 Å². The number of halogens is 3. The third-order valence-electron chi connectivity index (χ3n) is 4.44. The van der Waals surface area contributed by atoms with Crippen molar-refractivity contribution in [3.63, 3.8) is 0 Å². The summed E-state index contributed by atoms with van der Waals surface area (Å²) < 4.78 is 39.9. The van der Waals surface area contributed by atoms with Crippen molar-refractivity contribution >= 4 is 50.4 Å². The Balaban J connectivity index is 1.64. The van der Waals surface area contributed by atoms with Gasteiger partial charge in [0.1, 0.15) is 0 Å². The van der Waals surface area contributed by atoms with Crippen molar-refractivity contribution < 1.29 is 13.2 Å². The molecule has 4 nitrogen and oxygen atoms in total. The summed E-state index contributed by atoms with van der Waals surface area (Å²) in [4.78, 5) is 13.9. The monoisotopic (exact) mass is 413 g/mol. The van der Waals surface area contributed by atoms with Crippen molar-refractivity contribution in [2.45, 2.75) is 6.18 Å². The van der Waals surface area contributed by atoms with E-state index in [0.717, 1.165) is 16.5 Å². The van der Waals surface area contributed by atoms with Crippen LogP contribution in [0.25, 0.3) is 21.7 Å². The third kappa shape index (κ3) is 3.93. The first kappa shape index (κ1) is 18.9. The molecule has 0 aliphatic carbocycles. The second-order valence-electron chi connectivity index (χ2n) is 6.41. The standard InChI is InChI=1S/C21H14F3N3OS/c22-21(23,24)16-11-19(28)26-18-9-8-13(10-15(16)18)25-20(29)27-17-7-3-5-12-4-1-2-6-14(12)17/h1-11H,(H,26,28)(H2,25,27,29). The van der Waals surface area contributed by atoms with Crippen LogP contribution in [0.4, 0.5) is 24.5 Å². The molecule has 0 radical (unpaired) electrons. The summed E-state index contributed by atoms with van der Waals surface area (Å²) in [6.07, 6.45) is -4.65. The van der Waals surface area contributed by atoms with Gasteiger partial charge < -0.3 is 15.6 Å². The van der Waals surface area contributed by atoms with Crippen LogP contribution in [0.2, 0.25) is 0 Å². The Hall–Kier alpha value is -3.39. The lowest BCUT2D eigenvalue weighted by molar-refractivity contribution is -0.136. The van der Waals surface area contributed by atoms with Crippen LogP contribution in [-0.2, 0) is 6.18 Å². The highest BCUT2D eigenvalue weighted by Gasteiger charge is 2.33. The van der Waals surface area contributed by atoms with Gasteiger partial charge in [-0.2, -0.15) is 13.2 Å². The van der Waals surface area contributed by atoms with E-state index in [9.17, 15) is 18.0 Å². The number of thiocarbonyl (C=S) groups is 1. The fourth-order valence-electron chi connectivity index (χ4n) is 3.19. The van der Waals surface area contributed by atoms with E-state index >= 15 is 0 Å². The van der Waals surface area contributed by atoms with E-state index in [1.54, 1.807) is 6.07 Å². The lowest BCUT2D eigenvalue weighted by Gasteiger charge is -2.14. The SMILES string of the molecule is O=c1cc(C(F)(F)F)c2cc(NC(=S)Nc3cccc4ccccc34)ccc2[nH]1. The van der Waals surface area contributed by atoms with Crippen LogP contribution in [0, 0.1) is 0 Å². The number of alkyl halides is 3. The van der Waals surface area contributed by atoms with E-state index in [2.05, 4.69) is 15.6 Å². The van der Waals surface area contributed by atoms with Crippen LogP contribution < -0.4 is 16.2 Å². The Kier molecular flexibility index (Phi) is 4.71. The summed E-state index contributed by atoms with van der Waals surface area (Å²) in [6.45, 7) is 0. The van der Waals surface area contributed by atoms with Gasteiger partial charge in [0.05, 0.1) is 5.56 Å². The summed E-state index contributed by atoms with van der Waals surface area (Å²) in [5.74, 6) is 0. The van der Waals surface area contributed by atoms with E-state index in [4.69, 9.17) is 12.2 Å².